The molecule has 0 amide bonds. The van der Waals surface area contributed by atoms with Crippen molar-refractivity contribution < 1.29 is 9.13 Å². The van der Waals surface area contributed by atoms with Gasteiger partial charge in [-0.05, 0) is 43.7 Å². The van der Waals surface area contributed by atoms with Crippen molar-refractivity contribution in [2.75, 3.05) is 7.11 Å². The molecule has 0 aliphatic heterocycles. The zero-order chi connectivity index (χ0) is 15.4. The number of benzene rings is 2. The summed E-state index contributed by atoms with van der Waals surface area (Å²) in [5.41, 5.74) is 1.70. The van der Waals surface area contributed by atoms with Crippen molar-refractivity contribution in [3.05, 3.63) is 63.9 Å². The zero-order valence-corrected chi connectivity index (χ0v) is 13.9. The Balaban J connectivity index is 2.20. The number of methoxy groups -OCH3 is 1. The quantitative estimate of drug-likeness (QED) is 0.817. The van der Waals surface area contributed by atoms with Crippen LogP contribution in [0, 0.1) is 5.82 Å². The van der Waals surface area contributed by atoms with Crippen LogP contribution in [0.1, 0.15) is 37.1 Å². The van der Waals surface area contributed by atoms with Crippen LogP contribution in [0.4, 0.5) is 4.39 Å². The number of rotatable bonds is 5. The van der Waals surface area contributed by atoms with E-state index >= 15 is 0 Å². The average molecular weight is 352 g/mol. The Morgan fingerprint density at radius 3 is 2.48 bits per heavy atom. The fourth-order valence-electron chi connectivity index (χ4n) is 2.45. The Morgan fingerprint density at radius 2 is 1.81 bits per heavy atom. The van der Waals surface area contributed by atoms with Gasteiger partial charge in [0.05, 0.1) is 7.11 Å². The molecule has 0 aromatic heterocycles. The van der Waals surface area contributed by atoms with Crippen molar-refractivity contribution in [1.82, 2.24) is 5.32 Å². The lowest BCUT2D eigenvalue weighted by atomic mass is 10.0. The molecule has 112 valence electrons. The Morgan fingerprint density at radius 1 is 1.10 bits per heavy atom. The van der Waals surface area contributed by atoms with Crippen LogP contribution >= 0.6 is 15.9 Å². The summed E-state index contributed by atoms with van der Waals surface area (Å²) in [4.78, 5) is 0. The second-order valence-electron chi connectivity index (χ2n) is 5.02. The normalized spacial score (nSPS) is 13.8. The minimum atomic E-state index is -0.254. The third-order valence-electron chi connectivity index (χ3n) is 3.51. The highest BCUT2D eigenvalue weighted by Gasteiger charge is 2.18. The highest BCUT2D eigenvalue weighted by Crippen LogP contribution is 2.29. The summed E-state index contributed by atoms with van der Waals surface area (Å²) in [7, 11) is 1.56. The first-order valence-corrected chi connectivity index (χ1v) is 7.66. The highest BCUT2D eigenvalue weighted by atomic mass is 79.9. The van der Waals surface area contributed by atoms with Crippen molar-refractivity contribution in [2.24, 2.45) is 0 Å². The minimum Gasteiger partial charge on any atom is -0.496 e. The Labute approximate surface area is 133 Å². The molecule has 0 heterocycles. The maximum absolute atomic E-state index is 14.1. The maximum Gasteiger partial charge on any atom is 0.131 e. The number of ether oxygens (including phenoxy) is 1. The molecule has 0 saturated carbocycles. The third-order valence-corrected chi connectivity index (χ3v) is 4.01. The average Bonchev–Trinajstić information content (AvgIpc) is 2.46. The van der Waals surface area contributed by atoms with Crippen LogP contribution in [-0.4, -0.2) is 7.11 Å². The first kappa shape index (κ1) is 16.0. The van der Waals surface area contributed by atoms with Gasteiger partial charge in [-0.2, -0.15) is 0 Å². The van der Waals surface area contributed by atoms with Gasteiger partial charge in [-0.25, -0.2) is 4.39 Å². The molecule has 2 aromatic rings. The molecule has 0 radical (unpaired) electrons. The predicted octanol–water partition coefficient (Wildman–Crippen LogP) is 5.01. The maximum atomic E-state index is 14.1. The van der Waals surface area contributed by atoms with Gasteiger partial charge in [0, 0.05) is 22.1 Å². The molecule has 0 fully saturated rings. The molecule has 2 atom stereocenters. The molecule has 0 bridgehead atoms. The van der Waals surface area contributed by atoms with E-state index in [2.05, 4.69) is 34.2 Å². The van der Waals surface area contributed by atoms with Crippen LogP contribution in [-0.2, 0) is 0 Å². The van der Waals surface area contributed by atoms with E-state index in [-0.39, 0.29) is 17.9 Å². The minimum absolute atomic E-state index is 0.0989. The second-order valence-corrected chi connectivity index (χ2v) is 5.94. The molecule has 2 nitrogen and oxygen atoms in total. The van der Waals surface area contributed by atoms with Gasteiger partial charge >= 0.3 is 0 Å². The van der Waals surface area contributed by atoms with Gasteiger partial charge in [0.25, 0.3) is 0 Å². The van der Waals surface area contributed by atoms with E-state index in [4.69, 9.17) is 4.74 Å². The largest absolute Gasteiger partial charge is 0.496 e. The van der Waals surface area contributed by atoms with E-state index in [1.54, 1.807) is 19.2 Å². The van der Waals surface area contributed by atoms with Crippen LogP contribution in [0.3, 0.4) is 0 Å². The molecule has 4 heteroatoms. The fraction of sp³-hybridized carbons (Fsp3) is 0.294. The molecule has 2 unspecified atom stereocenters. The summed E-state index contributed by atoms with van der Waals surface area (Å²) in [5, 5.41) is 3.41. The first-order chi connectivity index (χ1) is 10.0. The van der Waals surface area contributed by atoms with Crippen LogP contribution in [0.15, 0.2) is 46.9 Å². The predicted molar refractivity (Wildman–Crippen MR) is 87.1 cm³/mol. The number of hydrogen-bond acceptors (Lipinski definition) is 2. The monoisotopic (exact) mass is 351 g/mol. The van der Waals surface area contributed by atoms with Crippen LogP contribution in [0.25, 0.3) is 0 Å². The molecule has 0 saturated heterocycles. The van der Waals surface area contributed by atoms with Crippen molar-refractivity contribution in [1.29, 1.82) is 0 Å². The molecule has 0 spiro atoms. The lowest BCUT2D eigenvalue weighted by Crippen LogP contribution is -2.23. The van der Waals surface area contributed by atoms with Gasteiger partial charge in [-0.15, -0.1) is 0 Å². The van der Waals surface area contributed by atoms with Crippen LogP contribution in [0.2, 0.25) is 0 Å². The third kappa shape index (κ3) is 3.83. The van der Waals surface area contributed by atoms with Gasteiger partial charge < -0.3 is 10.1 Å². The standard InChI is InChI=1S/C17H19BrFNO/c1-11(13-6-4-7-14(18)10-13)20-12(2)17-15(19)8-5-9-16(17)21-3/h4-12,20H,1-3H3. The number of halogens is 2. The van der Waals surface area contributed by atoms with E-state index < -0.39 is 0 Å². The van der Waals surface area contributed by atoms with E-state index in [0.717, 1.165) is 10.0 Å². The second kappa shape index (κ2) is 7.05. The molecule has 0 aliphatic carbocycles. The fourth-order valence-corrected chi connectivity index (χ4v) is 2.86. The van der Waals surface area contributed by atoms with E-state index in [9.17, 15) is 4.39 Å². The van der Waals surface area contributed by atoms with Crippen LogP contribution < -0.4 is 10.1 Å². The first-order valence-electron chi connectivity index (χ1n) is 6.87. The Hall–Kier alpha value is -1.39. The van der Waals surface area contributed by atoms with Gasteiger partial charge in [0.2, 0.25) is 0 Å². The van der Waals surface area contributed by atoms with E-state index in [0.29, 0.717) is 11.3 Å². The SMILES string of the molecule is COc1cccc(F)c1C(C)NC(C)c1cccc(Br)c1. The molecular weight excluding hydrogens is 333 g/mol. The molecule has 1 N–H and O–H groups in total. The summed E-state index contributed by atoms with van der Waals surface area (Å²) < 4.78 is 20.4. The number of hydrogen-bond donors (Lipinski definition) is 1. The van der Waals surface area contributed by atoms with Crippen molar-refractivity contribution in [3.8, 4) is 5.75 Å². The van der Waals surface area contributed by atoms with Crippen molar-refractivity contribution in [3.63, 3.8) is 0 Å². The van der Waals surface area contributed by atoms with Gasteiger partial charge in [-0.3, -0.25) is 0 Å². The summed E-state index contributed by atoms with van der Waals surface area (Å²) >= 11 is 3.47. The van der Waals surface area contributed by atoms with E-state index in [1.807, 2.05) is 25.1 Å². The topological polar surface area (TPSA) is 21.3 Å². The Kier molecular flexibility index (Phi) is 5.37. The van der Waals surface area contributed by atoms with E-state index in [1.165, 1.54) is 6.07 Å². The van der Waals surface area contributed by atoms with Gasteiger partial charge in [-0.1, -0.05) is 34.1 Å². The number of nitrogens with one attached hydrogen (secondary N) is 1. The van der Waals surface area contributed by atoms with Gasteiger partial charge in [0.1, 0.15) is 11.6 Å². The molecule has 2 aromatic carbocycles. The van der Waals surface area contributed by atoms with Crippen LogP contribution in [0.5, 0.6) is 5.75 Å². The van der Waals surface area contributed by atoms with Crippen molar-refractivity contribution in [2.45, 2.75) is 25.9 Å². The van der Waals surface area contributed by atoms with Gasteiger partial charge in [0.15, 0.2) is 0 Å². The summed E-state index contributed by atoms with van der Waals surface area (Å²) in [6.07, 6.45) is 0. The molecular formula is C17H19BrFNO. The lowest BCUT2D eigenvalue weighted by molar-refractivity contribution is 0.387. The molecule has 21 heavy (non-hydrogen) atoms. The summed E-state index contributed by atoms with van der Waals surface area (Å²) in [6.45, 7) is 4.00. The lowest BCUT2D eigenvalue weighted by Gasteiger charge is -2.23. The Bertz CT molecular complexity index is 617. The summed E-state index contributed by atoms with van der Waals surface area (Å²) in [5.74, 6) is 0.312. The molecule has 2 rings (SSSR count). The smallest absolute Gasteiger partial charge is 0.131 e. The molecule has 0 aliphatic rings. The van der Waals surface area contributed by atoms with Crippen molar-refractivity contribution >= 4 is 15.9 Å². The highest BCUT2D eigenvalue weighted by molar-refractivity contribution is 9.10. The summed E-state index contributed by atoms with van der Waals surface area (Å²) in [6, 6.07) is 12.9. The zero-order valence-electron chi connectivity index (χ0n) is 12.4.